The van der Waals surface area contributed by atoms with Gasteiger partial charge in [-0.15, -0.1) is 0 Å². The van der Waals surface area contributed by atoms with Crippen LogP contribution in [0.15, 0.2) is 53.1 Å². The maximum atomic E-state index is 5.44. The van der Waals surface area contributed by atoms with E-state index in [1.54, 1.807) is 14.0 Å². The van der Waals surface area contributed by atoms with E-state index in [9.17, 15) is 0 Å². The molecule has 0 aliphatic carbocycles. The molecule has 27 heavy (non-hydrogen) atoms. The Bertz CT molecular complexity index is 1100. The van der Waals surface area contributed by atoms with E-state index >= 15 is 0 Å². The van der Waals surface area contributed by atoms with Gasteiger partial charge in [-0.1, -0.05) is 41.6 Å². The molecule has 0 unspecified atom stereocenters. The Morgan fingerprint density at radius 1 is 1.04 bits per heavy atom. The van der Waals surface area contributed by atoms with Crippen molar-refractivity contribution in [2.45, 2.75) is 20.4 Å². The predicted molar refractivity (Wildman–Crippen MR) is 105 cm³/mol. The number of nitrogens with zero attached hydrogens (tertiary/aromatic N) is 3. The summed E-state index contributed by atoms with van der Waals surface area (Å²) in [4.78, 5) is 9.23. The summed E-state index contributed by atoms with van der Waals surface area (Å²) >= 11 is 0. The standard InChI is InChI=1S/C21H20N4O2/c1-13-7-6-9-15-11-17(21-23-14(2)27-25-21)20(24-19(13)15)22-12-16-8-4-5-10-18(16)26-3/h4-11H,12H2,1-3H3,(H,22,24). The predicted octanol–water partition coefficient (Wildman–Crippen LogP) is 4.52. The minimum absolute atomic E-state index is 0.519. The lowest BCUT2D eigenvalue weighted by Gasteiger charge is -2.13. The van der Waals surface area contributed by atoms with Crippen LogP contribution in [-0.2, 0) is 6.54 Å². The first kappa shape index (κ1) is 17.0. The van der Waals surface area contributed by atoms with Crippen molar-refractivity contribution < 1.29 is 9.26 Å². The number of methoxy groups -OCH3 is 1. The summed E-state index contributed by atoms with van der Waals surface area (Å²) in [6, 6.07) is 16.1. The summed E-state index contributed by atoms with van der Waals surface area (Å²) < 4.78 is 10.6. The van der Waals surface area contributed by atoms with Gasteiger partial charge in [-0.3, -0.25) is 0 Å². The Labute approximate surface area is 157 Å². The van der Waals surface area contributed by atoms with Gasteiger partial charge in [0, 0.05) is 24.4 Å². The highest BCUT2D eigenvalue weighted by Gasteiger charge is 2.15. The van der Waals surface area contributed by atoms with Gasteiger partial charge in [0.15, 0.2) is 0 Å². The van der Waals surface area contributed by atoms with E-state index in [4.69, 9.17) is 14.2 Å². The van der Waals surface area contributed by atoms with Crippen LogP contribution < -0.4 is 10.1 Å². The normalized spacial score (nSPS) is 10.9. The molecule has 4 aromatic rings. The van der Waals surface area contributed by atoms with Gasteiger partial charge in [-0.2, -0.15) is 4.98 Å². The first-order chi connectivity index (χ1) is 13.2. The van der Waals surface area contributed by atoms with Crippen LogP contribution in [0, 0.1) is 13.8 Å². The molecule has 0 radical (unpaired) electrons. The molecule has 2 aromatic heterocycles. The molecule has 0 atom stereocenters. The molecule has 4 rings (SSSR count). The van der Waals surface area contributed by atoms with Crippen LogP contribution >= 0.6 is 0 Å². The number of rotatable bonds is 5. The molecule has 1 N–H and O–H groups in total. The third-order valence-corrected chi connectivity index (χ3v) is 4.45. The van der Waals surface area contributed by atoms with Crippen LogP contribution in [0.1, 0.15) is 17.0 Å². The summed E-state index contributed by atoms with van der Waals surface area (Å²) in [6.07, 6.45) is 0. The number of anilines is 1. The number of benzene rings is 2. The highest BCUT2D eigenvalue weighted by atomic mass is 16.5. The van der Waals surface area contributed by atoms with Crippen LogP contribution in [0.5, 0.6) is 5.75 Å². The van der Waals surface area contributed by atoms with Crippen LogP contribution in [0.4, 0.5) is 5.82 Å². The maximum Gasteiger partial charge on any atom is 0.223 e. The third-order valence-electron chi connectivity index (χ3n) is 4.45. The molecule has 136 valence electrons. The molecule has 0 amide bonds. The lowest BCUT2D eigenvalue weighted by molar-refractivity contribution is 0.394. The third kappa shape index (κ3) is 3.33. The molecule has 0 aliphatic rings. The molecule has 6 nitrogen and oxygen atoms in total. The van der Waals surface area contributed by atoms with Gasteiger partial charge in [0.25, 0.3) is 0 Å². The summed E-state index contributed by atoms with van der Waals surface area (Å²) in [7, 11) is 1.67. The molecule has 0 aliphatic heterocycles. The van der Waals surface area contributed by atoms with Gasteiger partial charge in [0.05, 0.1) is 18.2 Å². The molecule has 0 saturated carbocycles. The summed E-state index contributed by atoms with van der Waals surface area (Å²) in [5.41, 5.74) is 3.91. The zero-order valence-corrected chi connectivity index (χ0v) is 15.5. The van der Waals surface area contributed by atoms with E-state index < -0.39 is 0 Å². The molecule has 0 saturated heterocycles. The maximum absolute atomic E-state index is 5.44. The van der Waals surface area contributed by atoms with Crippen molar-refractivity contribution >= 4 is 16.7 Å². The van der Waals surface area contributed by atoms with Gasteiger partial charge in [-0.25, -0.2) is 4.98 Å². The molecule has 0 spiro atoms. The molecule has 6 heteroatoms. The van der Waals surface area contributed by atoms with Crippen molar-refractivity contribution in [3.8, 4) is 17.1 Å². The van der Waals surface area contributed by atoms with Crippen LogP contribution in [0.2, 0.25) is 0 Å². The number of ether oxygens (including phenoxy) is 1. The smallest absolute Gasteiger partial charge is 0.223 e. The number of pyridine rings is 1. The molecule has 2 aromatic carbocycles. The van der Waals surface area contributed by atoms with Crippen LogP contribution in [-0.4, -0.2) is 22.2 Å². The fourth-order valence-electron chi connectivity index (χ4n) is 3.09. The quantitative estimate of drug-likeness (QED) is 0.564. The largest absolute Gasteiger partial charge is 0.496 e. The number of nitrogens with one attached hydrogen (secondary N) is 1. The number of aromatic nitrogens is 3. The number of para-hydroxylation sites is 2. The molecule has 2 heterocycles. The molecule has 0 fully saturated rings. The minimum atomic E-state index is 0.519. The Morgan fingerprint density at radius 3 is 2.67 bits per heavy atom. The Kier molecular flexibility index (Phi) is 4.46. The van der Waals surface area contributed by atoms with Crippen molar-refractivity contribution in [2.75, 3.05) is 12.4 Å². The Morgan fingerprint density at radius 2 is 1.89 bits per heavy atom. The lowest BCUT2D eigenvalue weighted by atomic mass is 10.1. The first-order valence-electron chi connectivity index (χ1n) is 8.72. The molecule has 0 bridgehead atoms. The molecular weight excluding hydrogens is 340 g/mol. The van der Waals surface area contributed by atoms with Gasteiger partial charge in [0.1, 0.15) is 11.6 Å². The number of hydrogen-bond donors (Lipinski definition) is 1. The van der Waals surface area contributed by atoms with Crippen LogP contribution in [0.3, 0.4) is 0 Å². The van der Waals surface area contributed by atoms with E-state index in [2.05, 4.69) is 28.4 Å². The second-order valence-corrected chi connectivity index (χ2v) is 6.33. The van der Waals surface area contributed by atoms with E-state index in [0.29, 0.717) is 24.1 Å². The van der Waals surface area contributed by atoms with Crippen LogP contribution in [0.25, 0.3) is 22.3 Å². The van der Waals surface area contributed by atoms with Crippen molar-refractivity contribution in [2.24, 2.45) is 0 Å². The van der Waals surface area contributed by atoms with E-state index in [1.807, 2.05) is 42.5 Å². The van der Waals surface area contributed by atoms with Gasteiger partial charge in [-0.05, 0) is 24.6 Å². The average Bonchev–Trinajstić information content (AvgIpc) is 3.12. The number of fused-ring (bicyclic) bond motifs is 1. The van der Waals surface area contributed by atoms with Gasteiger partial charge in [0.2, 0.25) is 11.7 Å². The zero-order chi connectivity index (χ0) is 18.8. The minimum Gasteiger partial charge on any atom is -0.496 e. The van der Waals surface area contributed by atoms with Crippen molar-refractivity contribution in [3.05, 3.63) is 65.5 Å². The van der Waals surface area contributed by atoms with Crippen molar-refractivity contribution in [1.82, 2.24) is 15.1 Å². The van der Waals surface area contributed by atoms with Gasteiger partial charge < -0.3 is 14.6 Å². The summed E-state index contributed by atoms with van der Waals surface area (Å²) in [6.45, 7) is 4.40. The van der Waals surface area contributed by atoms with Gasteiger partial charge >= 0.3 is 0 Å². The second-order valence-electron chi connectivity index (χ2n) is 6.33. The monoisotopic (exact) mass is 360 g/mol. The number of aryl methyl sites for hydroxylation is 2. The number of hydrogen-bond acceptors (Lipinski definition) is 6. The average molecular weight is 360 g/mol. The van der Waals surface area contributed by atoms with E-state index in [0.717, 1.165) is 33.3 Å². The first-order valence-corrected chi connectivity index (χ1v) is 8.72. The highest BCUT2D eigenvalue weighted by Crippen LogP contribution is 2.30. The lowest BCUT2D eigenvalue weighted by Crippen LogP contribution is -2.05. The molecular formula is C21H20N4O2. The summed E-state index contributed by atoms with van der Waals surface area (Å²) in [5.74, 6) is 2.58. The topological polar surface area (TPSA) is 73.1 Å². The highest BCUT2D eigenvalue weighted by molar-refractivity contribution is 5.89. The van der Waals surface area contributed by atoms with Crippen molar-refractivity contribution in [3.63, 3.8) is 0 Å². The zero-order valence-electron chi connectivity index (χ0n) is 15.5. The van der Waals surface area contributed by atoms with E-state index in [1.165, 1.54) is 0 Å². The fraction of sp³-hybridized carbons (Fsp3) is 0.190. The Balaban J connectivity index is 1.78. The van der Waals surface area contributed by atoms with E-state index in [-0.39, 0.29) is 0 Å². The summed E-state index contributed by atoms with van der Waals surface area (Å²) in [5, 5.41) is 8.53. The Hall–Kier alpha value is -3.41. The SMILES string of the molecule is COc1ccccc1CNc1nc2c(C)cccc2cc1-c1noc(C)n1. The van der Waals surface area contributed by atoms with Crippen molar-refractivity contribution in [1.29, 1.82) is 0 Å². The fourth-order valence-corrected chi connectivity index (χ4v) is 3.09. The second kappa shape index (κ2) is 7.07.